The van der Waals surface area contributed by atoms with E-state index in [9.17, 15) is 5.11 Å². The zero-order chi connectivity index (χ0) is 12.3. The Hall–Kier alpha value is -0.570. The number of hydrogen-bond donors (Lipinski definition) is 2. The molecule has 18 heavy (non-hydrogen) atoms. The number of aryl methyl sites for hydroxylation is 1. The van der Waals surface area contributed by atoms with Gasteiger partial charge < -0.3 is 10.8 Å². The van der Waals surface area contributed by atoms with Crippen LogP contribution in [0.2, 0.25) is 0 Å². The summed E-state index contributed by atoms with van der Waals surface area (Å²) in [5.41, 5.74) is 8.48. The van der Waals surface area contributed by atoms with E-state index >= 15 is 0 Å². The molecule has 0 saturated heterocycles. The first-order chi connectivity index (χ1) is 8.22. The van der Waals surface area contributed by atoms with Gasteiger partial charge in [-0.05, 0) is 37.8 Å². The van der Waals surface area contributed by atoms with E-state index in [0.29, 0.717) is 18.4 Å². The van der Waals surface area contributed by atoms with Gasteiger partial charge in [0.05, 0.1) is 6.10 Å². The first-order valence-electron chi connectivity index (χ1n) is 6.67. The van der Waals surface area contributed by atoms with Crippen molar-refractivity contribution in [2.75, 3.05) is 6.54 Å². The van der Waals surface area contributed by atoms with Crippen molar-refractivity contribution in [3.63, 3.8) is 0 Å². The molecule has 0 radical (unpaired) electrons. The minimum absolute atomic E-state index is 0. The summed E-state index contributed by atoms with van der Waals surface area (Å²) in [4.78, 5) is 0. The predicted octanol–water partition coefficient (Wildman–Crippen LogP) is 3.01. The standard InChI is InChI=1S/C15H23NO.ClH/c1-11-6-8-12(9-7-11)14(10-16)13-4-2-3-5-15(13)17;/h6-9,13-15,17H,2-5,10,16H2,1H3;1H. The molecule has 1 fully saturated rings. The van der Waals surface area contributed by atoms with Crippen LogP contribution in [0.15, 0.2) is 24.3 Å². The normalized spacial score (nSPS) is 25.3. The number of aliphatic hydroxyl groups excluding tert-OH is 1. The van der Waals surface area contributed by atoms with Crippen LogP contribution in [-0.2, 0) is 0 Å². The highest BCUT2D eigenvalue weighted by atomic mass is 35.5. The summed E-state index contributed by atoms with van der Waals surface area (Å²) in [6, 6.07) is 8.59. The zero-order valence-corrected chi connectivity index (χ0v) is 11.8. The molecule has 1 aliphatic rings. The van der Waals surface area contributed by atoms with Crippen LogP contribution >= 0.6 is 12.4 Å². The van der Waals surface area contributed by atoms with Gasteiger partial charge in [-0.1, -0.05) is 42.7 Å². The second kappa shape index (κ2) is 7.13. The van der Waals surface area contributed by atoms with Gasteiger partial charge in [-0.15, -0.1) is 12.4 Å². The summed E-state index contributed by atoms with van der Waals surface area (Å²) in [6.07, 6.45) is 4.26. The molecule has 2 rings (SSSR count). The number of halogens is 1. The lowest BCUT2D eigenvalue weighted by Crippen LogP contribution is -2.33. The molecule has 1 aromatic carbocycles. The van der Waals surface area contributed by atoms with Crippen molar-refractivity contribution in [1.29, 1.82) is 0 Å². The van der Waals surface area contributed by atoms with E-state index in [1.807, 2.05) is 0 Å². The first-order valence-corrected chi connectivity index (χ1v) is 6.67. The van der Waals surface area contributed by atoms with Crippen LogP contribution in [0.1, 0.15) is 42.7 Å². The van der Waals surface area contributed by atoms with Gasteiger partial charge in [-0.3, -0.25) is 0 Å². The van der Waals surface area contributed by atoms with Gasteiger partial charge in [0.2, 0.25) is 0 Å². The Bertz CT molecular complexity index is 352. The van der Waals surface area contributed by atoms with E-state index in [1.54, 1.807) is 0 Å². The largest absolute Gasteiger partial charge is 0.393 e. The van der Waals surface area contributed by atoms with E-state index in [1.165, 1.54) is 17.5 Å². The fourth-order valence-corrected chi connectivity index (χ4v) is 2.98. The third-order valence-electron chi connectivity index (χ3n) is 4.06. The summed E-state index contributed by atoms with van der Waals surface area (Å²) in [7, 11) is 0. The van der Waals surface area contributed by atoms with Gasteiger partial charge in [-0.2, -0.15) is 0 Å². The maximum atomic E-state index is 10.1. The molecular weight excluding hydrogens is 246 g/mol. The number of aliphatic hydroxyl groups is 1. The van der Waals surface area contributed by atoms with Crippen molar-refractivity contribution < 1.29 is 5.11 Å². The summed E-state index contributed by atoms with van der Waals surface area (Å²) in [5.74, 6) is 0.655. The molecule has 0 heterocycles. The van der Waals surface area contributed by atoms with Crippen molar-refractivity contribution >= 4 is 12.4 Å². The van der Waals surface area contributed by atoms with Gasteiger partial charge in [0, 0.05) is 5.92 Å². The highest BCUT2D eigenvalue weighted by molar-refractivity contribution is 5.85. The van der Waals surface area contributed by atoms with Crippen LogP contribution in [-0.4, -0.2) is 17.8 Å². The maximum absolute atomic E-state index is 10.1. The lowest BCUT2D eigenvalue weighted by molar-refractivity contribution is 0.0561. The molecule has 3 N–H and O–H groups in total. The number of nitrogens with two attached hydrogens (primary N) is 1. The summed E-state index contributed by atoms with van der Waals surface area (Å²) in [6.45, 7) is 2.72. The molecule has 1 aromatic rings. The second-order valence-corrected chi connectivity index (χ2v) is 5.27. The number of benzene rings is 1. The van der Waals surface area contributed by atoms with Gasteiger partial charge >= 0.3 is 0 Å². The van der Waals surface area contributed by atoms with E-state index in [2.05, 4.69) is 31.2 Å². The molecular formula is C15H24ClNO. The maximum Gasteiger partial charge on any atom is 0.0574 e. The number of hydrogen-bond acceptors (Lipinski definition) is 2. The lowest BCUT2D eigenvalue weighted by atomic mass is 9.75. The lowest BCUT2D eigenvalue weighted by Gasteiger charge is -2.34. The van der Waals surface area contributed by atoms with Gasteiger partial charge in [0.25, 0.3) is 0 Å². The molecule has 3 atom stereocenters. The third-order valence-corrected chi connectivity index (χ3v) is 4.06. The van der Waals surface area contributed by atoms with Crippen molar-refractivity contribution in [3.05, 3.63) is 35.4 Å². The minimum Gasteiger partial charge on any atom is -0.393 e. The average Bonchev–Trinajstić information content (AvgIpc) is 2.35. The topological polar surface area (TPSA) is 46.2 Å². The smallest absolute Gasteiger partial charge is 0.0574 e. The first kappa shape index (κ1) is 15.5. The van der Waals surface area contributed by atoms with E-state index in [4.69, 9.17) is 5.73 Å². The third kappa shape index (κ3) is 3.47. The molecule has 1 aliphatic carbocycles. The molecule has 0 spiro atoms. The van der Waals surface area contributed by atoms with Gasteiger partial charge in [-0.25, -0.2) is 0 Å². The molecule has 3 unspecified atom stereocenters. The number of rotatable bonds is 3. The van der Waals surface area contributed by atoms with Crippen LogP contribution in [0, 0.1) is 12.8 Å². The summed E-state index contributed by atoms with van der Waals surface area (Å²) in [5, 5.41) is 10.1. The van der Waals surface area contributed by atoms with Gasteiger partial charge in [0.15, 0.2) is 0 Å². The Morgan fingerprint density at radius 1 is 1.22 bits per heavy atom. The van der Waals surface area contributed by atoms with Gasteiger partial charge in [0.1, 0.15) is 0 Å². The SMILES string of the molecule is Cc1ccc(C(CN)C2CCCCC2O)cc1.Cl. The Morgan fingerprint density at radius 2 is 1.83 bits per heavy atom. The Morgan fingerprint density at radius 3 is 2.39 bits per heavy atom. The molecule has 0 bridgehead atoms. The molecule has 0 amide bonds. The molecule has 2 nitrogen and oxygen atoms in total. The fourth-order valence-electron chi connectivity index (χ4n) is 2.98. The van der Waals surface area contributed by atoms with E-state index < -0.39 is 0 Å². The van der Waals surface area contributed by atoms with Crippen LogP contribution < -0.4 is 5.73 Å². The molecule has 1 saturated carbocycles. The highest BCUT2D eigenvalue weighted by Gasteiger charge is 2.30. The van der Waals surface area contributed by atoms with Crippen molar-refractivity contribution in [2.45, 2.75) is 44.6 Å². The van der Waals surface area contributed by atoms with Crippen LogP contribution in [0.25, 0.3) is 0 Å². The second-order valence-electron chi connectivity index (χ2n) is 5.27. The fraction of sp³-hybridized carbons (Fsp3) is 0.600. The highest BCUT2D eigenvalue weighted by Crippen LogP contribution is 2.35. The van der Waals surface area contributed by atoms with Crippen LogP contribution in [0.5, 0.6) is 0 Å². The Labute approximate surface area is 116 Å². The predicted molar refractivity (Wildman–Crippen MR) is 78.2 cm³/mol. The molecule has 0 aliphatic heterocycles. The zero-order valence-electron chi connectivity index (χ0n) is 11.0. The summed E-state index contributed by atoms with van der Waals surface area (Å²) >= 11 is 0. The van der Waals surface area contributed by atoms with Crippen LogP contribution in [0.3, 0.4) is 0 Å². The average molecular weight is 270 g/mol. The minimum atomic E-state index is -0.168. The summed E-state index contributed by atoms with van der Waals surface area (Å²) < 4.78 is 0. The van der Waals surface area contributed by atoms with Crippen molar-refractivity contribution in [2.24, 2.45) is 11.7 Å². The van der Waals surface area contributed by atoms with E-state index in [0.717, 1.165) is 19.3 Å². The molecule has 0 aromatic heterocycles. The molecule has 102 valence electrons. The Balaban J connectivity index is 0.00000162. The van der Waals surface area contributed by atoms with Crippen LogP contribution in [0.4, 0.5) is 0 Å². The quantitative estimate of drug-likeness (QED) is 0.886. The van der Waals surface area contributed by atoms with Crippen molar-refractivity contribution in [3.8, 4) is 0 Å². The monoisotopic (exact) mass is 269 g/mol. The van der Waals surface area contributed by atoms with Crippen molar-refractivity contribution in [1.82, 2.24) is 0 Å². The van der Waals surface area contributed by atoms with E-state index in [-0.39, 0.29) is 18.5 Å². The Kier molecular flexibility index (Phi) is 6.13. The molecule has 3 heteroatoms.